The fourth-order valence-corrected chi connectivity index (χ4v) is 5.68. The number of fused-ring (bicyclic) bond motifs is 1. The third-order valence-corrected chi connectivity index (χ3v) is 7.98. The molecule has 1 amide bonds. The molecular formula is C23H19FN4O5S2. The number of nitrogens with zero attached hydrogens (tertiary/aromatic N) is 4. The fourth-order valence-electron chi connectivity index (χ4n) is 3.35. The van der Waals surface area contributed by atoms with Crippen LogP contribution in [0, 0.1) is 15.9 Å². The van der Waals surface area contributed by atoms with Gasteiger partial charge in [0, 0.05) is 24.8 Å². The summed E-state index contributed by atoms with van der Waals surface area (Å²) in [5, 5.41) is 11.4. The van der Waals surface area contributed by atoms with Gasteiger partial charge in [-0.05, 0) is 48.9 Å². The average Bonchev–Trinajstić information content (AvgIpc) is 3.26. The van der Waals surface area contributed by atoms with Gasteiger partial charge in [-0.25, -0.2) is 17.8 Å². The van der Waals surface area contributed by atoms with Gasteiger partial charge in [-0.3, -0.25) is 24.8 Å². The van der Waals surface area contributed by atoms with Crippen LogP contribution < -0.4 is 4.90 Å². The van der Waals surface area contributed by atoms with Crippen LogP contribution in [0.25, 0.3) is 10.2 Å². The van der Waals surface area contributed by atoms with Crippen molar-refractivity contribution < 1.29 is 22.5 Å². The second-order valence-corrected chi connectivity index (χ2v) is 10.7. The highest BCUT2D eigenvalue weighted by molar-refractivity contribution is 7.91. The number of thiazole rings is 1. The van der Waals surface area contributed by atoms with Crippen LogP contribution in [0.2, 0.25) is 0 Å². The highest BCUT2D eigenvalue weighted by atomic mass is 32.2. The Bertz CT molecular complexity index is 1480. The van der Waals surface area contributed by atoms with Crippen molar-refractivity contribution in [3.05, 3.63) is 88.5 Å². The Hall–Kier alpha value is -3.77. The van der Waals surface area contributed by atoms with Crippen molar-refractivity contribution >= 4 is 48.1 Å². The lowest BCUT2D eigenvalue weighted by Gasteiger charge is -2.19. The van der Waals surface area contributed by atoms with Crippen molar-refractivity contribution in [1.82, 2.24) is 9.97 Å². The number of non-ortho nitro benzene ring substituents is 1. The molecule has 0 N–H and O–H groups in total. The number of amides is 1. The summed E-state index contributed by atoms with van der Waals surface area (Å²) in [6.45, 7) is 0.103. The number of halogens is 1. The van der Waals surface area contributed by atoms with Crippen molar-refractivity contribution in [3.8, 4) is 0 Å². The van der Waals surface area contributed by atoms with Gasteiger partial charge in [-0.2, -0.15) is 0 Å². The molecule has 4 rings (SSSR count). The Balaban J connectivity index is 1.54. The van der Waals surface area contributed by atoms with Crippen LogP contribution >= 0.6 is 11.3 Å². The van der Waals surface area contributed by atoms with Gasteiger partial charge in [-0.15, -0.1) is 0 Å². The first kappa shape index (κ1) is 24.4. The second kappa shape index (κ2) is 10.2. The van der Waals surface area contributed by atoms with E-state index in [9.17, 15) is 27.7 Å². The van der Waals surface area contributed by atoms with Crippen LogP contribution in [-0.2, 0) is 21.2 Å². The summed E-state index contributed by atoms with van der Waals surface area (Å²) in [4.78, 5) is 33.9. The third kappa shape index (κ3) is 5.84. The first-order chi connectivity index (χ1) is 16.7. The maximum absolute atomic E-state index is 13.2. The van der Waals surface area contributed by atoms with Gasteiger partial charge < -0.3 is 0 Å². The van der Waals surface area contributed by atoms with E-state index in [1.165, 1.54) is 35.2 Å². The van der Waals surface area contributed by atoms with Gasteiger partial charge in [0.05, 0.1) is 38.0 Å². The molecule has 0 saturated carbocycles. The van der Waals surface area contributed by atoms with Crippen molar-refractivity contribution in [3.63, 3.8) is 0 Å². The number of hydrogen-bond donors (Lipinski definition) is 0. The second-order valence-electron chi connectivity index (χ2n) is 7.58. The van der Waals surface area contributed by atoms with E-state index < -0.39 is 20.6 Å². The van der Waals surface area contributed by atoms with Crippen molar-refractivity contribution in [2.24, 2.45) is 0 Å². The normalized spacial score (nSPS) is 11.5. The quantitative estimate of drug-likeness (QED) is 0.183. The molecule has 0 saturated heterocycles. The third-order valence-electron chi connectivity index (χ3n) is 5.13. The molecular weight excluding hydrogens is 495 g/mol. The lowest BCUT2D eigenvalue weighted by molar-refractivity contribution is -0.384. The highest BCUT2D eigenvalue weighted by Crippen LogP contribution is 2.32. The van der Waals surface area contributed by atoms with E-state index in [0.29, 0.717) is 21.0 Å². The average molecular weight is 515 g/mol. The molecule has 0 aliphatic carbocycles. The molecule has 9 nitrogen and oxygen atoms in total. The molecule has 2 aromatic heterocycles. The Kier molecular flexibility index (Phi) is 7.12. The van der Waals surface area contributed by atoms with E-state index >= 15 is 0 Å². The molecule has 4 aromatic rings. The smallest absolute Gasteiger partial charge is 0.270 e. The van der Waals surface area contributed by atoms with Gasteiger partial charge in [0.1, 0.15) is 5.82 Å². The SMILES string of the molecule is O=C(CCCS(=O)(=O)c1ccc(F)cc1)N(Cc1ccccn1)c1nc2ccc([N+](=O)[O-])cc2s1. The minimum absolute atomic E-state index is 0.00976. The number of pyridine rings is 1. The van der Waals surface area contributed by atoms with Gasteiger partial charge in [0.2, 0.25) is 5.91 Å². The van der Waals surface area contributed by atoms with Crippen molar-refractivity contribution in [2.45, 2.75) is 24.3 Å². The molecule has 12 heteroatoms. The summed E-state index contributed by atoms with van der Waals surface area (Å²) >= 11 is 1.13. The minimum Gasteiger partial charge on any atom is -0.282 e. The minimum atomic E-state index is -3.68. The van der Waals surface area contributed by atoms with Gasteiger partial charge >= 0.3 is 0 Å². The van der Waals surface area contributed by atoms with Crippen LogP contribution in [0.15, 0.2) is 71.8 Å². The molecule has 0 atom stereocenters. The van der Waals surface area contributed by atoms with Crippen LogP contribution in [0.1, 0.15) is 18.5 Å². The van der Waals surface area contributed by atoms with Crippen LogP contribution in [0.4, 0.5) is 15.2 Å². The lowest BCUT2D eigenvalue weighted by atomic mass is 10.2. The zero-order chi connectivity index (χ0) is 25.0. The maximum Gasteiger partial charge on any atom is 0.270 e. The predicted molar refractivity (Wildman–Crippen MR) is 129 cm³/mol. The van der Waals surface area contributed by atoms with Crippen molar-refractivity contribution in [1.29, 1.82) is 0 Å². The molecule has 0 fully saturated rings. The molecule has 35 heavy (non-hydrogen) atoms. The standard InChI is InChI=1S/C23H19FN4O5S2/c24-16-6-9-19(10-7-16)35(32,33)13-3-5-22(29)27(15-17-4-1-2-12-25-17)23-26-20-11-8-18(28(30)31)14-21(20)34-23/h1-2,4,6-12,14H,3,5,13,15H2. The Labute approximate surface area is 203 Å². The zero-order valence-electron chi connectivity index (χ0n) is 18.2. The maximum atomic E-state index is 13.2. The van der Waals surface area contributed by atoms with E-state index in [4.69, 9.17) is 0 Å². The summed E-state index contributed by atoms with van der Waals surface area (Å²) in [5.41, 5.74) is 1.03. The molecule has 0 spiro atoms. The van der Waals surface area contributed by atoms with Gasteiger partial charge in [0.15, 0.2) is 15.0 Å². The molecule has 0 aliphatic rings. The highest BCUT2D eigenvalue weighted by Gasteiger charge is 2.23. The van der Waals surface area contributed by atoms with E-state index in [0.717, 1.165) is 23.5 Å². The first-order valence-corrected chi connectivity index (χ1v) is 12.9. The van der Waals surface area contributed by atoms with Crippen LogP contribution in [0.5, 0.6) is 0 Å². The topological polar surface area (TPSA) is 123 Å². The monoisotopic (exact) mass is 514 g/mol. The number of nitro benzene ring substituents is 1. The molecule has 180 valence electrons. The Morgan fingerprint density at radius 1 is 1.11 bits per heavy atom. The van der Waals surface area contributed by atoms with Crippen LogP contribution in [-0.4, -0.2) is 35.0 Å². The molecule has 0 radical (unpaired) electrons. The number of aromatic nitrogens is 2. The van der Waals surface area contributed by atoms with Crippen molar-refractivity contribution in [2.75, 3.05) is 10.7 Å². The van der Waals surface area contributed by atoms with Crippen LogP contribution in [0.3, 0.4) is 0 Å². The Morgan fingerprint density at radius 2 is 1.89 bits per heavy atom. The number of sulfone groups is 1. The summed E-state index contributed by atoms with van der Waals surface area (Å²) in [6.07, 6.45) is 1.56. The molecule has 2 heterocycles. The number of benzene rings is 2. The number of nitro groups is 1. The number of anilines is 1. The first-order valence-electron chi connectivity index (χ1n) is 10.5. The summed E-state index contributed by atoms with van der Waals surface area (Å²) in [6, 6.07) is 14.1. The molecule has 0 bridgehead atoms. The summed E-state index contributed by atoms with van der Waals surface area (Å²) in [5.74, 6) is -1.18. The molecule has 0 unspecified atom stereocenters. The lowest BCUT2D eigenvalue weighted by Crippen LogP contribution is -2.30. The zero-order valence-corrected chi connectivity index (χ0v) is 19.8. The number of carbonyl (C=O) groups is 1. The Morgan fingerprint density at radius 3 is 2.57 bits per heavy atom. The van der Waals surface area contributed by atoms with E-state index in [-0.39, 0.29) is 41.6 Å². The van der Waals surface area contributed by atoms with Gasteiger partial charge in [-0.1, -0.05) is 17.4 Å². The number of carbonyl (C=O) groups excluding carboxylic acids is 1. The summed E-state index contributed by atoms with van der Waals surface area (Å²) in [7, 11) is -3.68. The predicted octanol–water partition coefficient (Wildman–Crippen LogP) is 4.53. The van der Waals surface area contributed by atoms with Gasteiger partial charge in [0.25, 0.3) is 5.69 Å². The largest absolute Gasteiger partial charge is 0.282 e. The fraction of sp³-hybridized carbons (Fsp3) is 0.174. The number of rotatable bonds is 9. The number of hydrogen-bond acceptors (Lipinski definition) is 8. The summed E-state index contributed by atoms with van der Waals surface area (Å²) < 4.78 is 38.7. The van der Waals surface area contributed by atoms with E-state index in [1.54, 1.807) is 24.4 Å². The van der Waals surface area contributed by atoms with E-state index in [2.05, 4.69) is 9.97 Å². The van der Waals surface area contributed by atoms with E-state index in [1.807, 2.05) is 0 Å². The molecule has 2 aromatic carbocycles. The molecule has 0 aliphatic heterocycles.